The van der Waals surface area contributed by atoms with E-state index in [9.17, 15) is 4.79 Å². The summed E-state index contributed by atoms with van der Waals surface area (Å²) in [5.41, 5.74) is 0. The molecule has 1 atom stereocenters. The first kappa shape index (κ1) is 7.77. The van der Waals surface area contributed by atoms with Crippen molar-refractivity contribution in [1.82, 2.24) is 0 Å². The predicted octanol–water partition coefficient (Wildman–Crippen LogP) is 2.40. The van der Waals surface area contributed by atoms with Gasteiger partial charge in [-0.1, -0.05) is 13.8 Å². The third-order valence-corrected chi connectivity index (χ3v) is 2.46. The first-order valence-electron chi connectivity index (χ1n) is 4.22. The maximum Gasteiger partial charge on any atom is 0.133 e. The van der Waals surface area contributed by atoms with Gasteiger partial charge in [0.2, 0.25) is 0 Å². The van der Waals surface area contributed by atoms with Crippen molar-refractivity contribution in [2.24, 2.45) is 11.8 Å². The van der Waals surface area contributed by atoms with E-state index in [1.165, 1.54) is 6.42 Å². The molecule has 1 fully saturated rings. The summed E-state index contributed by atoms with van der Waals surface area (Å²) < 4.78 is 0. The molecule has 0 aromatic rings. The maximum atomic E-state index is 11.0. The Morgan fingerprint density at radius 1 is 1.50 bits per heavy atom. The van der Waals surface area contributed by atoms with Crippen LogP contribution in [0.1, 0.15) is 39.5 Å². The first-order valence-corrected chi connectivity index (χ1v) is 4.22. The molecule has 0 bridgehead atoms. The molecule has 0 aliphatic heterocycles. The largest absolute Gasteiger partial charge is 0.300 e. The molecule has 0 aromatic carbocycles. The molecule has 0 saturated heterocycles. The molecule has 1 heteroatoms. The molecular weight excluding hydrogens is 124 g/mol. The van der Waals surface area contributed by atoms with Crippen molar-refractivity contribution in [2.75, 3.05) is 0 Å². The number of hydrogen-bond donors (Lipinski definition) is 0. The Balaban J connectivity index is 2.39. The highest BCUT2D eigenvalue weighted by Gasteiger charge is 2.21. The number of carbonyl (C=O) groups is 1. The highest BCUT2D eigenvalue weighted by molar-refractivity contribution is 5.79. The fourth-order valence-electron chi connectivity index (χ4n) is 1.63. The molecule has 1 saturated carbocycles. The standard InChI is InChI=1S/C9H16O/c1-7(2)8-4-3-5-9(10)6-8/h7-8H,3-6H2,1-2H3. The monoisotopic (exact) mass is 140 g/mol. The van der Waals surface area contributed by atoms with Gasteiger partial charge in [0, 0.05) is 12.8 Å². The second-order valence-electron chi connectivity index (χ2n) is 3.64. The van der Waals surface area contributed by atoms with Crippen LogP contribution in [0.2, 0.25) is 0 Å². The Bertz CT molecular complexity index is 127. The Labute approximate surface area is 62.8 Å². The van der Waals surface area contributed by atoms with Crippen LogP contribution in [0.5, 0.6) is 0 Å². The zero-order chi connectivity index (χ0) is 7.56. The normalized spacial score (nSPS) is 27.5. The van der Waals surface area contributed by atoms with Gasteiger partial charge in [-0.3, -0.25) is 4.79 Å². The van der Waals surface area contributed by atoms with E-state index in [0.29, 0.717) is 17.6 Å². The van der Waals surface area contributed by atoms with Gasteiger partial charge >= 0.3 is 0 Å². The summed E-state index contributed by atoms with van der Waals surface area (Å²) in [4.78, 5) is 11.0. The zero-order valence-electron chi connectivity index (χ0n) is 6.89. The van der Waals surface area contributed by atoms with E-state index in [1.54, 1.807) is 0 Å². The van der Waals surface area contributed by atoms with Crippen molar-refractivity contribution in [1.29, 1.82) is 0 Å². The average molecular weight is 140 g/mol. The topological polar surface area (TPSA) is 17.1 Å². The molecule has 1 unspecified atom stereocenters. The minimum Gasteiger partial charge on any atom is -0.300 e. The Morgan fingerprint density at radius 3 is 2.60 bits per heavy atom. The van der Waals surface area contributed by atoms with Crippen molar-refractivity contribution >= 4 is 5.78 Å². The van der Waals surface area contributed by atoms with Crippen LogP contribution >= 0.6 is 0 Å². The Kier molecular flexibility index (Phi) is 2.47. The molecule has 1 nitrogen and oxygen atoms in total. The summed E-state index contributed by atoms with van der Waals surface area (Å²) in [7, 11) is 0. The number of Topliss-reactive ketones (excluding diaryl/α,β-unsaturated/α-hetero) is 1. The minimum absolute atomic E-state index is 0.477. The van der Waals surface area contributed by atoms with Crippen molar-refractivity contribution in [3.63, 3.8) is 0 Å². The van der Waals surface area contributed by atoms with E-state index in [1.807, 2.05) is 0 Å². The third-order valence-electron chi connectivity index (χ3n) is 2.46. The molecule has 0 heterocycles. The van der Waals surface area contributed by atoms with E-state index in [-0.39, 0.29) is 0 Å². The van der Waals surface area contributed by atoms with E-state index >= 15 is 0 Å². The van der Waals surface area contributed by atoms with Crippen molar-refractivity contribution in [3.05, 3.63) is 0 Å². The van der Waals surface area contributed by atoms with Crippen LogP contribution in [0.3, 0.4) is 0 Å². The van der Waals surface area contributed by atoms with Gasteiger partial charge in [-0.05, 0) is 24.7 Å². The van der Waals surface area contributed by atoms with Crippen LogP contribution < -0.4 is 0 Å². The van der Waals surface area contributed by atoms with E-state index in [4.69, 9.17) is 0 Å². The van der Waals surface area contributed by atoms with Crippen molar-refractivity contribution < 1.29 is 4.79 Å². The summed E-state index contributed by atoms with van der Waals surface area (Å²) in [6.07, 6.45) is 4.08. The van der Waals surface area contributed by atoms with Gasteiger partial charge in [-0.25, -0.2) is 0 Å². The van der Waals surface area contributed by atoms with Crippen LogP contribution in [0.4, 0.5) is 0 Å². The molecule has 0 aromatic heterocycles. The molecule has 58 valence electrons. The molecule has 1 aliphatic rings. The van der Waals surface area contributed by atoms with Gasteiger partial charge in [-0.2, -0.15) is 0 Å². The molecule has 0 N–H and O–H groups in total. The summed E-state index contributed by atoms with van der Waals surface area (Å²) >= 11 is 0. The molecule has 0 spiro atoms. The van der Waals surface area contributed by atoms with Crippen LogP contribution in [-0.2, 0) is 4.79 Å². The average Bonchev–Trinajstić information content (AvgIpc) is 1.88. The molecule has 1 aliphatic carbocycles. The zero-order valence-corrected chi connectivity index (χ0v) is 6.89. The molecular formula is C9H16O. The van der Waals surface area contributed by atoms with Crippen LogP contribution in [0.25, 0.3) is 0 Å². The summed E-state index contributed by atoms with van der Waals surface area (Å²) in [5, 5.41) is 0. The minimum atomic E-state index is 0.477. The number of ketones is 1. The summed E-state index contributed by atoms with van der Waals surface area (Å²) in [6.45, 7) is 4.42. The van der Waals surface area contributed by atoms with E-state index < -0.39 is 0 Å². The van der Waals surface area contributed by atoms with E-state index in [0.717, 1.165) is 19.3 Å². The maximum absolute atomic E-state index is 11.0. The van der Waals surface area contributed by atoms with Gasteiger partial charge in [0.15, 0.2) is 0 Å². The first-order chi connectivity index (χ1) is 4.70. The summed E-state index contributed by atoms with van der Waals surface area (Å²) in [5.74, 6) is 1.86. The van der Waals surface area contributed by atoms with Gasteiger partial charge in [0.1, 0.15) is 5.78 Å². The number of carbonyl (C=O) groups excluding carboxylic acids is 1. The predicted molar refractivity (Wildman–Crippen MR) is 41.8 cm³/mol. The number of hydrogen-bond acceptors (Lipinski definition) is 1. The summed E-state index contributed by atoms with van der Waals surface area (Å²) in [6, 6.07) is 0. The van der Waals surface area contributed by atoms with Crippen LogP contribution in [0, 0.1) is 11.8 Å². The molecule has 0 radical (unpaired) electrons. The van der Waals surface area contributed by atoms with E-state index in [2.05, 4.69) is 13.8 Å². The lowest BCUT2D eigenvalue weighted by molar-refractivity contribution is -0.121. The fraction of sp³-hybridized carbons (Fsp3) is 0.889. The fourth-order valence-corrected chi connectivity index (χ4v) is 1.63. The van der Waals surface area contributed by atoms with Gasteiger partial charge in [0.25, 0.3) is 0 Å². The number of rotatable bonds is 1. The Hall–Kier alpha value is -0.330. The lowest BCUT2D eigenvalue weighted by Crippen LogP contribution is -2.19. The smallest absolute Gasteiger partial charge is 0.133 e. The second-order valence-corrected chi connectivity index (χ2v) is 3.64. The Morgan fingerprint density at radius 2 is 2.20 bits per heavy atom. The molecule has 1 rings (SSSR count). The van der Waals surface area contributed by atoms with Crippen LogP contribution in [0.15, 0.2) is 0 Å². The molecule has 0 amide bonds. The third kappa shape index (κ3) is 1.83. The quantitative estimate of drug-likeness (QED) is 0.546. The highest BCUT2D eigenvalue weighted by atomic mass is 16.1. The molecule has 10 heavy (non-hydrogen) atoms. The lowest BCUT2D eigenvalue weighted by Gasteiger charge is -2.23. The lowest BCUT2D eigenvalue weighted by atomic mass is 9.81. The van der Waals surface area contributed by atoms with Crippen molar-refractivity contribution in [2.45, 2.75) is 39.5 Å². The van der Waals surface area contributed by atoms with Crippen molar-refractivity contribution in [3.8, 4) is 0 Å². The second kappa shape index (κ2) is 3.18. The van der Waals surface area contributed by atoms with Crippen LogP contribution in [-0.4, -0.2) is 5.78 Å². The van der Waals surface area contributed by atoms with Gasteiger partial charge in [0.05, 0.1) is 0 Å². The highest BCUT2D eigenvalue weighted by Crippen LogP contribution is 2.27. The SMILES string of the molecule is CC(C)C1CCCC(=O)C1. The van der Waals surface area contributed by atoms with Gasteiger partial charge < -0.3 is 0 Å². The van der Waals surface area contributed by atoms with Gasteiger partial charge in [-0.15, -0.1) is 0 Å².